The highest BCUT2D eigenvalue weighted by Gasteiger charge is 2.37. The molecule has 3 N–H and O–H groups in total. The molecule has 5 nitrogen and oxygen atoms in total. The van der Waals surface area contributed by atoms with Gasteiger partial charge in [-0.3, -0.25) is 9.59 Å². The van der Waals surface area contributed by atoms with Gasteiger partial charge in [0, 0.05) is 30.9 Å². The molecule has 0 aliphatic heterocycles. The van der Waals surface area contributed by atoms with Gasteiger partial charge in [0.2, 0.25) is 11.8 Å². The number of carbonyl (C=O) groups is 2. The maximum Gasteiger partial charge on any atom is 0.229 e. The molecule has 120 valence electrons. The Morgan fingerprint density at radius 3 is 2.73 bits per heavy atom. The van der Waals surface area contributed by atoms with Crippen LogP contribution in [-0.2, 0) is 9.59 Å². The summed E-state index contributed by atoms with van der Waals surface area (Å²) in [5.74, 6) is -0.256. The molecule has 0 saturated heterocycles. The van der Waals surface area contributed by atoms with Crippen molar-refractivity contribution in [1.29, 1.82) is 0 Å². The molecule has 0 spiro atoms. The van der Waals surface area contributed by atoms with E-state index in [0.717, 1.165) is 31.4 Å². The second-order valence-corrected chi connectivity index (χ2v) is 6.42. The van der Waals surface area contributed by atoms with Gasteiger partial charge >= 0.3 is 0 Å². The number of nitrogens with zero attached hydrogens (tertiary/aromatic N) is 1. The molecular formula is C17H25N3O2. The lowest BCUT2D eigenvalue weighted by molar-refractivity contribution is -0.122. The molecular weight excluding hydrogens is 278 g/mol. The molecule has 5 heteroatoms. The van der Waals surface area contributed by atoms with E-state index in [1.165, 1.54) is 6.92 Å². The van der Waals surface area contributed by atoms with Crippen molar-refractivity contribution in [2.24, 2.45) is 11.7 Å². The zero-order valence-corrected chi connectivity index (χ0v) is 13.6. The number of nitrogens with two attached hydrogens (primary N) is 1. The minimum Gasteiger partial charge on any atom is -0.326 e. The Balaban J connectivity index is 2.11. The smallest absolute Gasteiger partial charge is 0.229 e. The summed E-state index contributed by atoms with van der Waals surface area (Å²) in [6, 6.07) is 7.29. The van der Waals surface area contributed by atoms with Crippen LogP contribution in [0.3, 0.4) is 0 Å². The van der Waals surface area contributed by atoms with E-state index in [0.29, 0.717) is 5.69 Å². The van der Waals surface area contributed by atoms with Crippen molar-refractivity contribution in [3.8, 4) is 0 Å². The molecule has 22 heavy (non-hydrogen) atoms. The summed E-state index contributed by atoms with van der Waals surface area (Å²) in [4.78, 5) is 25.5. The van der Waals surface area contributed by atoms with Crippen LogP contribution in [0.25, 0.3) is 0 Å². The van der Waals surface area contributed by atoms with Crippen LogP contribution in [0.2, 0.25) is 0 Å². The van der Waals surface area contributed by atoms with Gasteiger partial charge < -0.3 is 16.0 Å². The third-order valence-electron chi connectivity index (χ3n) is 4.54. The van der Waals surface area contributed by atoms with Crippen molar-refractivity contribution in [3.05, 3.63) is 24.3 Å². The maximum absolute atomic E-state index is 12.5. The van der Waals surface area contributed by atoms with Crippen LogP contribution in [0.15, 0.2) is 24.3 Å². The van der Waals surface area contributed by atoms with Gasteiger partial charge in [0.15, 0.2) is 0 Å². The minimum absolute atomic E-state index is 0.0349. The second kappa shape index (κ2) is 6.48. The number of anilines is 2. The molecule has 2 unspecified atom stereocenters. The van der Waals surface area contributed by atoms with E-state index >= 15 is 0 Å². The number of benzene rings is 1. The average Bonchev–Trinajstić information content (AvgIpc) is 2.46. The van der Waals surface area contributed by atoms with Gasteiger partial charge in [-0.25, -0.2) is 0 Å². The predicted molar refractivity (Wildman–Crippen MR) is 88.7 cm³/mol. The molecule has 1 aromatic carbocycles. The van der Waals surface area contributed by atoms with Crippen LogP contribution in [0, 0.1) is 5.92 Å². The van der Waals surface area contributed by atoms with Crippen LogP contribution >= 0.6 is 0 Å². The van der Waals surface area contributed by atoms with Gasteiger partial charge in [0.1, 0.15) is 0 Å². The zero-order valence-electron chi connectivity index (χ0n) is 13.6. The van der Waals surface area contributed by atoms with E-state index in [4.69, 9.17) is 5.73 Å². The number of rotatable bonds is 3. The van der Waals surface area contributed by atoms with E-state index in [1.807, 2.05) is 25.1 Å². The highest BCUT2D eigenvalue weighted by atomic mass is 16.2. The summed E-state index contributed by atoms with van der Waals surface area (Å²) < 4.78 is 0. The number of hydrogen-bond acceptors (Lipinski definition) is 3. The lowest BCUT2D eigenvalue weighted by Gasteiger charge is -2.37. The quantitative estimate of drug-likeness (QED) is 0.901. The van der Waals surface area contributed by atoms with Crippen molar-refractivity contribution in [2.75, 3.05) is 17.3 Å². The second-order valence-electron chi connectivity index (χ2n) is 6.42. The lowest BCUT2D eigenvalue weighted by atomic mass is 9.74. The standard InChI is InChI=1S/C17H25N3O2/c1-12(21)20(3)14-8-6-7-13(11-14)19-16(22)15-9-4-5-10-17(15,2)18/h6-8,11,15H,4-5,9-10,18H2,1-3H3,(H,19,22). The number of amides is 2. The van der Waals surface area contributed by atoms with Gasteiger partial charge in [-0.05, 0) is 38.0 Å². The van der Waals surface area contributed by atoms with E-state index in [9.17, 15) is 9.59 Å². The molecule has 1 aromatic rings. The highest BCUT2D eigenvalue weighted by Crippen LogP contribution is 2.32. The third-order valence-corrected chi connectivity index (χ3v) is 4.54. The number of hydrogen-bond donors (Lipinski definition) is 2. The number of nitrogens with one attached hydrogen (secondary N) is 1. The molecule has 1 saturated carbocycles. The molecule has 1 aliphatic carbocycles. The van der Waals surface area contributed by atoms with Crippen LogP contribution in [0.4, 0.5) is 11.4 Å². The topological polar surface area (TPSA) is 75.4 Å². The Morgan fingerprint density at radius 1 is 1.36 bits per heavy atom. The first-order valence-electron chi connectivity index (χ1n) is 7.75. The van der Waals surface area contributed by atoms with Gasteiger partial charge in [0.25, 0.3) is 0 Å². The molecule has 2 atom stereocenters. The fourth-order valence-electron chi connectivity index (χ4n) is 2.99. The first kappa shape index (κ1) is 16.5. The van der Waals surface area contributed by atoms with Crippen molar-refractivity contribution < 1.29 is 9.59 Å². The normalized spacial score (nSPS) is 24.6. The summed E-state index contributed by atoms with van der Waals surface area (Å²) in [5.41, 5.74) is 7.28. The average molecular weight is 303 g/mol. The van der Waals surface area contributed by atoms with Crippen LogP contribution in [0.5, 0.6) is 0 Å². The van der Waals surface area contributed by atoms with Crippen molar-refractivity contribution in [1.82, 2.24) is 0 Å². The Hall–Kier alpha value is -1.88. The fraction of sp³-hybridized carbons (Fsp3) is 0.529. The molecule has 2 rings (SSSR count). The summed E-state index contributed by atoms with van der Waals surface area (Å²) >= 11 is 0. The molecule has 0 radical (unpaired) electrons. The Morgan fingerprint density at radius 2 is 2.09 bits per heavy atom. The summed E-state index contributed by atoms with van der Waals surface area (Å²) in [6.45, 7) is 3.46. The first-order chi connectivity index (χ1) is 10.3. The third kappa shape index (κ3) is 3.65. The van der Waals surface area contributed by atoms with E-state index in [1.54, 1.807) is 18.0 Å². The van der Waals surface area contributed by atoms with E-state index < -0.39 is 5.54 Å². The predicted octanol–water partition coefficient (Wildman–Crippen LogP) is 2.52. The molecule has 1 fully saturated rings. The Bertz CT molecular complexity index is 569. The summed E-state index contributed by atoms with van der Waals surface area (Å²) in [7, 11) is 1.71. The van der Waals surface area contributed by atoms with Crippen LogP contribution in [-0.4, -0.2) is 24.4 Å². The minimum atomic E-state index is -0.448. The molecule has 0 aromatic heterocycles. The zero-order chi connectivity index (χ0) is 16.3. The maximum atomic E-state index is 12.5. The fourth-order valence-corrected chi connectivity index (χ4v) is 2.99. The Kier molecular flexibility index (Phi) is 4.86. The van der Waals surface area contributed by atoms with Gasteiger partial charge in [0.05, 0.1) is 5.92 Å². The summed E-state index contributed by atoms with van der Waals surface area (Å²) in [5, 5.41) is 2.94. The van der Waals surface area contributed by atoms with Crippen LogP contribution in [0.1, 0.15) is 39.5 Å². The SMILES string of the molecule is CC(=O)N(C)c1cccc(NC(=O)C2CCCCC2(C)N)c1. The van der Waals surface area contributed by atoms with Crippen molar-refractivity contribution in [3.63, 3.8) is 0 Å². The largest absolute Gasteiger partial charge is 0.326 e. The van der Waals surface area contributed by atoms with E-state index in [-0.39, 0.29) is 17.7 Å². The Labute approximate surface area is 131 Å². The highest BCUT2D eigenvalue weighted by molar-refractivity contribution is 5.95. The van der Waals surface area contributed by atoms with E-state index in [2.05, 4.69) is 5.32 Å². The molecule has 2 amide bonds. The van der Waals surface area contributed by atoms with Crippen LogP contribution < -0.4 is 16.0 Å². The molecule has 0 heterocycles. The number of carbonyl (C=O) groups excluding carboxylic acids is 2. The van der Waals surface area contributed by atoms with Gasteiger partial charge in [-0.1, -0.05) is 18.9 Å². The van der Waals surface area contributed by atoms with Gasteiger partial charge in [-0.2, -0.15) is 0 Å². The van der Waals surface area contributed by atoms with Crippen molar-refractivity contribution in [2.45, 2.75) is 45.1 Å². The molecule has 1 aliphatic rings. The van der Waals surface area contributed by atoms with Gasteiger partial charge in [-0.15, -0.1) is 0 Å². The monoisotopic (exact) mass is 303 g/mol. The van der Waals surface area contributed by atoms with Crippen molar-refractivity contribution >= 4 is 23.2 Å². The first-order valence-corrected chi connectivity index (χ1v) is 7.75. The molecule has 0 bridgehead atoms. The lowest BCUT2D eigenvalue weighted by Crippen LogP contribution is -2.51. The summed E-state index contributed by atoms with van der Waals surface area (Å²) in [6.07, 6.45) is 3.82.